The first-order valence-electron chi connectivity index (χ1n) is 11.4. The van der Waals surface area contributed by atoms with Crippen molar-refractivity contribution >= 4 is 29.5 Å². The van der Waals surface area contributed by atoms with Gasteiger partial charge in [0.2, 0.25) is 11.8 Å². The number of rotatable bonds is 8. The van der Waals surface area contributed by atoms with E-state index in [-0.39, 0.29) is 29.3 Å². The average molecular weight is 477 g/mol. The molecule has 1 aromatic carbocycles. The van der Waals surface area contributed by atoms with Gasteiger partial charge in [-0.25, -0.2) is 4.79 Å². The zero-order chi connectivity index (χ0) is 25.9. The Kier molecular flexibility index (Phi) is 11.4. The summed E-state index contributed by atoms with van der Waals surface area (Å²) in [7, 11) is 0. The molecule has 0 radical (unpaired) electrons. The summed E-state index contributed by atoms with van der Waals surface area (Å²) >= 11 is 0. The second kappa shape index (κ2) is 13.5. The third kappa shape index (κ3) is 10.1. The highest BCUT2D eigenvalue weighted by atomic mass is 16.6. The topological polar surface area (TPSA) is 128 Å². The molecule has 0 bridgehead atoms. The molecular formula is C25H36N2O7. The Bertz CT molecular complexity index is 903. The summed E-state index contributed by atoms with van der Waals surface area (Å²) in [6, 6.07) is 4.94. The second-order valence-electron chi connectivity index (χ2n) is 8.98. The van der Waals surface area contributed by atoms with Gasteiger partial charge in [0.15, 0.2) is 11.6 Å². The van der Waals surface area contributed by atoms with Gasteiger partial charge in [-0.1, -0.05) is 19.1 Å². The van der Waals surface area contributed by atoms with E-state index in [1.807, 2.05) is 6.92 Å². The van der Waals surface area contributed by atoms with Gasteiger partial charge >= 0.3 is 6.09 Å². The van der Waals surface area contributed by atoms with E-state index >= 15 is 0 Å². The summed E-state index contributed by atoms with van der Waals surface area (Å²) in [5.41, 5.74) is 0.112. The average Bonchev–Trinajstić information content (AvgIpc) is 2.72. The Labute approximate surface area is 200 Å². The van der Waals surface area contributed by atoms with E-state index in [4.69, 9.17) is 9.47 Å². The number of ketones is 2. The van der Waals surface area contributed by atoms with Crippen LogP contribution in [0.2, 0.25) is 0 Å². The lowest BCUT2D eigenvalue weighted by molar-refractivity contribution is -0.136. The van der Waals surface area contributed by atoms with Crippen molar-refractivity contribution in [3.63, 3.8) is 0 Å². The van der Waals surface area contributed by atoms with Crippen LogP contribution in [-0.4, -0.2) is 48.2 Å². The van der Waals surface area contributed by atoms with E-state index < -0.39 is 11.7 Å². The van der Waals surface area contributed by atoms with E-state index in [0.29, 0.717) is 42.9 Å². The lowest BCUT2D eigenvalue weighted by Crippen LogP contribution is -2.40. The molecule has 1 aromatic rings. The van der Waals surface area contributed by atoms with Crippen molar-refractivity contribution in [2.75, 3.05) is 13.2 Å². The quantitative estimate of drug-likeness (QED) is 0.331. The molecule has 3 amide bonds. The summed E-state index contributed by atoms with van der Waals surface area (Å²) < 4.78 is 10.7. The van der Waals surface area contributed by atoms with Crippen molar-refractivity contribution < 1.29 is 33.4 Å². The molecule has 1 fully saturated rings. The number of Topliss-reactive ketones (excluding diaryl/α,β-unsaturated/α-hetero) is 2. The molecule has 1 aliphatic heterocycles. The molecule has 34 heavy (non-hydrogen) atoms. The van der Waals surface area contributed by atoms with Gasteiger partial charge in [-0.05, 0) is 59.9 Å². The molecule has 1 saturated heterocycles. The number of hydrogen-bond donors (Lipinski definition) is 2. The fourth-order valence-electron chi connectivity index (χ4n) is 3.19. The Morgan fingerprint density at radius 2 is 1.79 bits per heavy atom. The summed E-state index contributed by atoms with van der Waals surface area (Å²) in [6.45, 7) is 10.8. The molecule has 188 valence electrons. The van der Waals surface area contributed by atoms with Crippen LogP contribution in [0, 0.1) is 5.92 Å². The molecule has 0 aliphatic carbocycles. The molecule has 1 heterocycles. The highest BCUT2D eigenvalue weighted by Gasteiger charge is 2.24. The molecule has 9 heteroatoms. The number of amides is 3. The standard InChI is InChI=1S/C18H25NO5.C7H11NO2/c1-12(20)14-8-6-9-15(16(14)13(2)21)23-11-7-10-19-17(22)24-18(3,4)5;1-2-5-3-4-6(9)8-7(5)10/h6,8-9H,7,10-11H2,1-5H3,(H,19,22);5H,2-4H2,1H3,(H,8,9,10). The predicted molar refractivity (Wildman–Crippen MR) is 127 cm³/mol. The third-order valence-corrected chi connectivity index (χ3v) is 4.85. The normalized spacial score (nSPS) is 15.4. The van der Waals surface area contributed by atoms with Crippen molar-refractivity contribution in [2.24, 2.45) is 5.92 Å². The molecule has 0 spiro atoms. The molecule has 2 N–H and O–H groups in total. The highest BCUT2D eigenvalue weighted by Crippen LogP contribution is 2.24. The Morgan fingerprint density at radius 1 is 1.12 bits per heavy atom. The van der Waals surface area contributed by atoms with Crippen LogP contribution in [0.3, 0.4) is 0 Å². The van der Waals surface area contributed by atoms with Crippen LogP contribution >= 0.6 is 0 Å². The minimum absolute atomic E-state index is 0.0673. The zero-order valence-corrected chi connectivity index (χ0v) is 20.9. The number of carbonyl (C=O) groups excluding carboxylic acids is 5. The van der Waals surface area contributed by atoms with Crippen LogP contribution in [-0.2, 0) is 14.3 Å². The summed E-state index contributed by atoms with van der Waals surface area (Å²) in [4.78, 5) is 56.4. The summed E-state index contributed by atoms with van der Waals surface area (Å²) in [5, 5.41) is 4.93. The lowest BCUT2D eigenvalue weighted by Gasteiger charge is -2.19. The Balaban J connectivity index is 0.000000479. The second-order valence-corrected chi connectivity index (χ2v) is 8.98. The van der Waals surface area contributed by atoms with Crippen LogP contribution < -0.4 is 15.4 Å². The maximum Gasteiger partial charge on any atom is 0.407 e. The smallest absolute Gasteiger partial charge is 0.407 e. The maximum atomic E-state index is 11.8. The van der Waals surface area contributed by atoms with E-state index in [1.165, 1.54) is 13.8 Å². The van der Waals surface area contributed by atoms with Crippen molar-refractivity contribution in [3.8, 4) is 5.75 Å². The van der Waals surface area contributed by atoms with Crippen molar-refractivity contribution in [1.29, 1.82) is 0 Å². The number of benzene rings is 1. The van der Waals surface area contributed by atoms with E-state index in [2.05, 4.69) is 10.6 Å². The van der Waals surface area contributed by atoms with Gasteiger partial charge in [0.25, 0.3) is 0 Å². The van der Waals surface area contributed by atoms with Gasteiger partial charge in [-0.3, -0.25) is 24.5 Å². The molecule has 0 aromatic heterocycles. The first kappa shape index (κ1) is 28.8. The number of ether oxygens (including phenoxy) is 2. The number of piperidine rings is 1. The van der Waals surface area contributed by atoms with Gasteiger partial charge in [0.05, 0.1) is 12.2 Å². The monoisotopic (exact) mass is 476 g/mol. The van der Waals surface area contributed by atoms with Crippen LogP contribution in [0.4, 0.5) is 4.79 Å². The van der Waals surface area contributed by atoms with Crippen molar-refractivity contribution in [2.45, 2.75) is 72.8 Å². The fourth-order valence-corrected chi connectivity index (χ4v) is 3.19. The Morgan fingerprint density at radius 3 is 2.32 bits per heavy atom. The van der Waals surface area contributed by atoms with Crippen LogP contribution in [0.25, 0.3) is 0 Å². The first-order valence-corrected chi connectivity index (χ1v) is 11.4. The highest BCUT2D eigenvalue weighted by molar-refractivity contribution is 6.09. The molecule has 1 atom stereocenters. The number of hydrogen-bond acceptors (Lipinski definition) is 7. The molecular weight excluding hydrogens is 440 g/mol. The Hall–Kier alpha value is -3.23. The predicted octanol–water partition coefficient (Wildman–Crippen LogP) is 3.83. The van der Waals surface area contributed by atoms with Gasteiger partial charge < -0.3 is 14.8 Å². The summed E-state index contributed by atoms with van der Waals surface area (Å²) in [5.74, 6) is -0.182. The van der Waals surface area contributed by atoms with Crippen molar-refractivity contribution in [1.82, 2.24) is 10.6 Å². The lowest BCUT2D eigenvalue weighted by atomic mass is 9.96. The summed E-state index contributed by atoms with van der Waals surface area (Å²) in [6.07, 6.45) is 2.12. The molecule has 1 unspecified atom stereocenters. The van der Waals surface area contributed by atoms with Crippen molar-refractivity contribution in [3.05, 3.63) is 29.3 Å². The fraction of sp³-hybridized carbons (Fsp3) is 0.560. The largest absolute Gasteiger partial charge is 0.493 e. The first-order chi connectivity index (χ1) is 15.9. The van der Waals surface area contributed by atoms with E-state index in [1.54, 1.807) is 39.0 Å². The van der Waals surface area contributed by atoms with Gasteiger partial charge in [0.1, 0.15) is 11.4 Å². The molecule has 1 aliphatic rings. The number of carbonyl (C=O) groups is 5. The number of imide groups is 1. The minimum Gasteiger partial charge on any atom is -0.493 e. The SMILES string of the molecule is CC(=O)c1cccc(OCCCNC(=O)OC(C)(C)C)c1C(C)=O.CCC1CCC(=O)NC1=O. The number of nitrogens with one attached hydrogen (secondary N) is 2. The number of alkyl carbamates (subject to hydrolysis) is 1. The third-order valence-electron chi connectivity index (χ3n) is 4.85. The van der Waals surface area contributed by atoms with Crippen LogP contribution in [0.5, 0.6) is 5.75 Å². The molecule has 0 saturated carbocycles. The van der Waals surface area contributed by atoms with Gasteiger partial charge in [0, 0.05) is 24.4 Å². The molecule has 2 rings (SSSR count). The van der Waals surface area contributed by atoms with E-state index in [9.17, 15) is 24.0 Å². The van der Waals surface area contributed by atoms with Gasteiger partial charge in [-0.2, -0.15) is 0 Å². The van der Waals surface area contributed by atoms with E-state index in [0.717, 1.165) is 12.8 Å². The molecule has 9 nitrogen and oxygen atoms in total. The van der Waals surface area contributed by atoms with Gasteiger partial charge in [-0.15, -0.1) is 0 Å². The van der Waals surface area contributed by atoms with Crippen LogP contribution in [0.15, 0.2) is 18.2 Å². The maximum absolute atomic E-state index is 11.8. The minimum atomic E-state index is -0.538. The van der Waals surface area contributed by atoms with Crippen LogP contribution in [0.1, 0.15) is 87.9 Å². The zero-order valence-electron chi connectivity index (χ0n) is 20.9.